The van der Waals surface area contributed by atoms with Crippen molar-refractivity contribution in [1.29, 1.82) is 0 Å². The molecule has 5 aromatic rings. The fraction of sp³-hybridized carbons (Fsp3) is 0.0400. The first-order chi connectivity index (χ1) is 16.7. The summed E-state index contributed by atoms with van der Waals surface area (Å²) in [7, 11) is 0. The molecule has 5 nitrogen and oxygen atoms in total. The van der Waals surface area contributed by atoms with Gasteiger partial charge in [0, 0.05) is 15.7 Å². The normalized spacial score (nSPS) is 11.7. The minimum Gasteiger partial charge on any atom is -0.451 e. The van der Waals surface area contributed by atoms with Crippen molar-refractivity contribution in [2.45, 2.75) is 6.18 Å². The third kappa shape index (κ3) is 4.82. The van der Waals surface area contributed by atoms with Crippen molar-refractivity contribution in [3.05, 3.63) is 93.6 Å². The lowest BCUT2D eigenvalue weighted by atomic mass is 10.1. The average Bonchev–Trinajstić information content (AvgIpc) is 3.47. The largest absolute Gasteiger partial charge is 0.451 e. The number of nitrogens with one attached hydrogen (secondary N) is 1. The van der Waals surface area contributed by atoms with Gasteiger partial charge in [-0.25, -0.2) is 4.98 Å². The number of fused-ring (bicyclic) bond motifs is 1. The van der Waals surface area contributed by atoms with Crippen LogP contribution in [0.25, 0.3) is 33.9 Å². The van der Waals surface area contributed by atoms with Gasteiger partial charge in [-0.15, -0.1) is 0 Å². The van der Waals surface area contributed by atoms with Crippen LogP contribution in [-0.4, -0.2) is 10.9 Å². The zero-order valence-electron chi connectivity index (χ0n) is 17.5. The molecule has 0 aliphatic carbocycles. The number of rotatable bonds is 4. The van der Waals surface area contributed by atoms with Gasteiger partial charge in [-0.2, -0.15) is 13.2 Å². The minimum atomic E-state index is -4.48. The minimum absolute atomic E-state index is 0.0562. The predicted molar refractivity (Wildman–Crippen MR) is 129 cm³/mol. The Kier molecular flexibility index (Phi) is 5.90. The fourth-order valence-corrected chi connectivity index (χ4v) is 4.00. The van der Waals surface area contributed by atoms with Gasteiger partial charge in [-0.3, -0.25) is 4.79 Å². The summed E-state index contributed by atoms with van der Waals surface area (Å²) in [6, 6.07) is 17.8. The standard InChI is InChI=1S/C25H13BrClF3N2O3/c26-15-4-6-18(27)17(11-15)24-32-19-12-16(5-7-21(19)35-24)31-23(33)22-9-8-20(34-22)13-2-1-3-14(10-13)25(28,29)30/h1-12H,(H,31,33). The lowest BCUT2D eigenvalue weighted by Crippen LogP contribution is -2.10. The van der Waals surface area contributed by atoms with Crippen molar-refractivity contribution in [2.75, 3.05) is 5.32 Å². The highest BCUT2D eigenvalue weighted by molar-refractivity contribution is 9.10. The van der Waals surface area contributed by atoms with Crippen LogP contribution in [0.5, 0.6) is 0 Å². The van der Waals surface area contributed by atoms with E-state index in [4.69, 9.17) is 20.4 Å². The Balaban J connectivity index is 1.37. The number of carbonyl (C=O) groups is 1. The van der Waals surface area contributed by atoms with Gasteiger partial charge in [0.2, 0.25) is 5.89 Å². The number of alkyl halides is 3. The highest BCUT2D eigenvalue weighted by Gasteiger charge is 2.30. The Morgan fingerprint density at radius 2 is 1.80 bits per heavy atom. The third-order valence-corrected chi connectivity index (χ3v) is 5.93. The first-order valence-corrected chi connectivity index (χ1v) is 11.3. The zero-order chi connectivity index (χ0) is 24.7. The molecule has 5 rings (SSSR count). The van der Waals surface area contributed by atoms with Gasteiger partial charge in [0.05, 0.1) is 16.1 Å². The number of carbonyl (C=O) groups excluding carboxylic acids is 1. The molecule has 2 aromatic heterocycles. The molecule has 35 heavy (non-hydrogen) atoms. The molecule has 0 fully saturated rings. The maximum Gasteiger partial charge on any atom is 0.416 e. The molecule has 0 radical (unpaired) electrons. The highest BCUT2D eigenvalue weighted by Crippen LogP contribution is 2.34. The number of benzene rings is 3. The molecule has 10 heteroatoms. The van der Waals surface area contributed by atoms with Crippen molar-refractivity contribution in [3.63, 3.8) is 0 Å². The summed E-state index contributed by atoms with van der Waals surface area (Å²) in [5.74, 6) is -0.157. The van der Waals surface area contributed by atoms with Crippen molar-refractivity contribution in [2.24, 2.45) is 0 Å². The van der Waals surface area contributed by atoms with E-state index in [0.717, 1.165) is 16.6 Å². The van der Waals surface area contributed by atoms with Gasteiger partial charge < -0.3 is 14.2 Å². The maximum atomic E-state index is 13.0. The summed E-state index contributed by atoms with van der Waals surface area (Å²) in [5.41, 5.74) is 1.44. The summed E-state index contributed by atoms with van der Waals surface area (Å²) in [6.07, 6.45) is -4.48. The summed E-state index contributed by atoms with van der Waals surface area (Å²) in [6.45, 7) is 0. The molecule has 0 aliphatic rings. The molecule has 0 saturated carbocycles. The summed E-state index contributed by atoms with van der Waals surface area (Å²) in [4.78, 5) is 17.1. The van der Waals surface area contributed by atoms with E-state index < -0.39 is 17.6 Å². The Labute approximate surface area is 209 Å². The number of oxazole rings is 1. The molecule has 3 aromatic carbocycles. The average molecular weight is 562 g/mol. The van der Waals surface area contributed by atoms with Crippen LogP contribution >= 0.6 is 27.5 Å². The molecular weight excluding hydrogens is 549 g/mol. The summed E-state index contributed by atoms with van der Waals surface area (Å²) < 4.78 is 51.1. The highest BCUT2D eigenvalue weighted by atomic mass is 79.9. The number of aromatic nitrogens is 1. The Hall–Kier alpha value is -3.56. The molecule has 0 atom stereocenters. The van der Waals surface area contributed by atoms with Gasteiger partial charge >= 0.3 is 6.18 Å². The van der Waals surface area contributed by atoms with Gasteiger partial charge in [0.25, 0.3) is 5.91 Å². The first-order valence-electron chi connectivity index (χ1n) is 10.1. The van der Waals surface area contributed by atoms with Crippen LogP contribution in [0.2, 0.25) is 5.02 Å². The second-order valence-electron chi connectivity index (χ2n) is 7.52. The van der Waals surface area contributed by atoms with Crippen LogP contribution in [0.3, 0.4) is 0 Å². The van der Waals surface area contributed by atoms with Crippen LogP contribution in [0.15, 0.2) is 86.1 Å². The van der Waals surface area contributed by atoms with Gasteiger partial charge in [-0.05, 0) is 60.7 Å². The number of anilines is 1. The predicted octanol–water partition coefficient (Wildman–Crippen LogP) is 8.44. The summed E-state index contributed by atoms with van der Waals surface area (Å²) in [5, 5.41) is 3.17. The van der Waals surface area contributed by atoms with Crippen molar-refractivity contribution >= 4 is 50.2 Å². The number of hydrogen-bond donors (Lipinski definition) is 1. The molecule has 1 N–H and O–H groups in total. The van der Waals surface area contributed by atoms with E-state index in [1.807, 2.05) is 0 Å². The van der Waals surface area contributed by atoms with Crippen LogP contribution < -0.4 is 5.32 Å². The molecule has 1 amide bonds. The second-order valence-corrected chi connectivity index (χ2v) is 8.85. The molecule has 0 bridgehead atoms. The van der Waals surface area contributed by atoms with Crippen molar-refractivity contribution in [3.8, 4) is 22.8 Å². The van der Waals surface area contributed by atoms with Crippen molar-refractivity contribution < 1.29 is 26.8 Å². The summed E-state index contributed by atoms with van der Waals surface area (Å²) >= 11 is 9.65. The molecule has 176 valence electrons. The fourth-order valence-electron chi connectivity index (χ4n) is 3.44. The van der Waals surface area contributed by atoms with E-state index in [1.54, 1.807) is 36.4 Å². The Bertz CT molecular complexity index is 1580. The molecule has 0 aliphatic heterocycles. The monoisotopic (exact) mass is 560 g/mol. The van der Waals surface area contributed by atoms with Gasteiger partial charge in [-0.1, -0.05) is 39.7 Å². The smallest absolute Gasteiger partial charge is 0.416 e. The topological polar surface area (TPSA) is 68.3 Å². The maximum absolute atomic E-state index is 13.0. The van der Waals surface area contributed by atoms with Crippen LogP contribution in [0.4, 0.5) is 18.9 Å². The number of nitrogens with zero attached hydrogens (tertiary/aromatic N) is 1. The molecule has 0 saturated heterocycles. The molecule has 2 heterocycles. The van der Waals surface area contributed by atoms with Crippen molar-refractivity contribution in [1.82, 2.24) is 4.98 Å². The molecule has 0 spiro atoms. The van der Waals surface area contributed by atoms with E-state index in [1.165, 1.54) is 24.3 Å². The quantitative estimate of drug-likeness (QED) is 0.239. The van der Waals surface area contributed by atoms with E-state index in [9.17, 15) is 18.0 Å². The van der Waals surface area contributed by atoms with E-state index in [-0.39, 0.29) is 17.1 Å². The number of amides is 1. The lowest BCUT2D eigenvalue weighted by molar-refractivity contribution is -0.137. The first kappa shape index (κ1) is 23.2. The number of halogens is 5. The lowest BCUT2D eigenvalue weighted by Gasteiger charge is -2.07. The van der Waals surface area contributed by atoms with Crippen LogP contribution in [-0.2, 0) is 6.18 Å². The van der Waals surface area contributed by atoms with E-state index >= 15 is 0 Å². The Morgan fingerprint density at radius 3 is 2.60 bits per heavy atom. The third-order valence-electron chi connectivity index (χ3n) is 5.11. The molecule has 0 unspecified atom stereocenters. The number of furan rings is 1. The Morgan fingerprint density at radius 1 is 0.971 bits per heavy atom. The second kappa shape index (κ2) is 8.90. The van der Waals surface area contributed by atoms with E-state index in [2.05, 4.69) is 26.2 Å². The van der Waals surface area contributed by atoms with Gasteiger partial charge in [0.15, 0.2) is 11.3 Å². The van der Waals surface area contributed by atoms with Gasteiger partial charge in [0.1, 0.15) is 11.3 Å². The van der Waals surface area contributed by atoms with Crippen LogP contribution in [0.1, 0.15) is 16.1 Å². The van der Waals surface area contributed by atoms with E-state index in [0.29, 0.717) is 33.3 Å². The number of hydrogen-bond acceptors (Lipinski definition) is 4. The van der Waals surface area contributed by atoms with Crippen LogP contribution in [0, 0.1) is 0 Å². The zero-order valence-corrected chi connectivity index (χ0v) is 19.8. The molecular formula is C25H13BrClF3N2O3. The SMILES string of the molecule is O=C(Nc1ccc2oc(-c3cc(Br)ccc3Cl)nc2c1)c1ccc(-c2cccc(C(F)(F)F)c2)o1.